The topological polar surface area (TPSA) is 65.7 Å². The minimum atomic E-state index is 0.631. The molecular weight excluding hydrogens is 196 g/mol. The van der Waals surface area contributed by atoms with Gasteiger partial charge in [0, 0.05) is 13.7 Å². The van der Waals surface area contributed by atoms with Crippen molar-refractivity contribution in [2.45, 2.75) is 6.42 Å². The average Bonchev–Trinajstić information content (AvgIpc) is 2.26. The largest absolute Gasteiger partial charge is 0.382 e. The van der Waals surface area contributed by atoms with Crippen molar-refractivity contribution >= 4 is 0 Å². The quantitative estimate of drug-likeness (QED) is 0.438. The molecule has 0 aromatic heterocycles. The molecule has 0 spiro atoms. The molecule has 3 N–H and O–H groups in total. The number of rotatable bonds is 12. The van der Waals surface area contributed by atoms with E-state index < -0.39 is 0 Å². The van der Waals surface area contributed by atoms with Crippen molar-refractivity contribution in [3.05, 3.63) is 0 Å². The summed E-state index contributed by atoms with van der Waals surface area (Å²) in [6.07, 6.45) is 1.01. The summed E-state index contributed by atoms with van der Waals surface area (Å²) in [6, 6.07) is 0. The van der Waals surface area contributed by atoms with Gasteiger partial charge in [0.2, 0.25) is 0 Å². The SMILES string of the molecule is COCCOCCOCCNCCCN. The molecule has 0 saturated heterocycles. The van der Waals surface area contributed by atoms with Crippen LogP contribution in [0.25, 0.3) is 0 Å². The fourth-order valence-corrected chi connectivity index (χ4v) is 0.961. The summed E-state index contributed by atoms with van der Waals surface area (Å²) >= 11 is 0. The van der Waals surface area contributed by atoms with Crippen LogP contribution in [0.15, 0.2) is 0 Å². The Morgan fingerprint density at radius 3 is 2.27 bits per heavy atom. The molecule has 0 aliphatic carbocycles. The summed E-state index contributed by atoms with van der Waals surface area (Å²) in [5, 5.41) is 3.23. The Morgan fingerprint density at radius 1 is 0.933 bits per heavy atom. The molecule has 0 fully saturated rings. The van der Waals surface area contributed by atoms with E-state index in [1.807, 2.05) is 0 Å². The minimum Gasteiger partial charge on any atom is -0.382 e. The maximum Gasteiger partial charge on any atom is 0.0701 e. The summed E-state index contributed by atoms with van der Waals surface area (Å²) in [5.74, 6) is 0. The minimum absolute atomic E-state index is 0.631. The van der Waals surface area contributed by atoms with Crippen molar-refractivity contribution in [3.8, 4) is 0 Å². The van der Waals surface area contributed by atoms with Gasteiger partial charge in [-0.1, -0.05) is 0 Å². The van der Waals surface area contributed by atoms with Gasteiger partial charge in [-0.2, -0.15) is 0 Å². The second-order valence-electron chi connectivity index (χ2n) is 3.11. The lowest BCUT2D eigenvalue weighted by Gasteiger charge is -2.06. The second-order valence-corrected chi connectivity index (χ2v) is 3.11. The molecule has 0 amide bonds. The van der Waals surface area contributed by atoms with Crippen molar-refractivity contribution in [2.75, 3.05) is 59.8 Å². The molecular formula is C10H24N2O3. The third kappa shape index (κ3) is 13.8. The zero-order valence-electron chi connectivity index (χ0n) is 9.67. The van der Waals surface area contributed by atoms with E-state index >= 15 is 0 Å². The monoisotopic (exact) mass is 220 g/mol. The van der Waals surface area contributed by atoms with Crippen LogP contribution in [0.5, 0.6) is 0 Å². The van der Waals surface area contributed by atoms with Crippen LogP contribution in [0.3, 0.4) is 0 Å². The number of ether oxygens (including phenoxy) is 3. The third-order valence-corrected chi connectivity index (χ3v) is 1.78. The highest BCUT2D eigenvalue weighted by Crippen LogP contribution is 1.79. The Balaban J connectivity index is 2.81. The third-order valence-electron chi connectivity index (χ3n) is 1.78. The highest BCUT2D eigenvalue weighted by molar-refractivity contribution is 4.46. The molecule has 0 rings (SSSR count). The lowest BCUT2D eigenvalue weighted by molar-refractivity contribution is 0.0256. The molecule has 0 aromatic carbocycles. The van der Waals surface area contributed by atoms with E-state index in [4.69, 9.17) is 19.9 Å². The molecule has 0 aliphatic heterocycles. The van der Waals surface area contributed by atoms with Gasteiger partial charge in [-0.3, -0.25) is 0 Å². The van der Waals surface area contributed by atoms with Crippen LogP contribution in [0.1, 0.15) is 6.42 Å². The number of methoxy groups -OCH3 is 1. The van der Waals surface area contributed by atoms with Gasteiger partial charge in [-0.25, -0.2) is 0 Å². The summed E-state index contributed by atoms with van der Waals surface area (Å²) in [5.41, 5.74) is 5.35. The van der Waals surface area contributed by atoms with Gasteiger partial charge in [-0.05, 0) is 19.5 Å². The molecule has 15 heavy (non-hydrogen) atoms. The fourth-order valence-electron chi connectivity index (χ4n) is 0.961. The van der Waals surface area contributed by atoms with Crippen LogP contribution in [-0.4, -0.2) is 59.8 Å². The Kier molecular flexibility index (Phi) is 13.6. The first kappa shape index (κ1) is 14.8. The van der Waals surface area contributed by atoms with E-state index in [2.05, 4.69) is 5.32 Å². The lowest BCUT2D eigenvalue weighted by Crippen LogP contribution is -2.23. The molecule has 0 unspecified atom stereocenters. The van der Waals surface area contributed by atoms with E-state index in [1.165, 1.54) is 0 Å². The van der Waals surface area contributed by atoms with Gasteiger partial charge in [-0.15, -0.1) is 0 Å². The maximum absolute atomic E-state index is 5.35. The fraction of sp³-hybridized carbons (Fsp3) is 1.00. The van der Waals surface area contributed by atoms with E-state index in [0.717, 1.165) is 32.7 Å². The molecule has 0 atom stereocenters. The van der Waals surface area contributed by atoms with Crippen LogP contribution in [0, 0.1) is 0 Å². The van der Waals surface area contributed by atoms with Crippen molar-refractivity contribution in [2.24, 2.45) is 5.73 Å². The van der Waals surface area contributed by atoms with Gasteiger partial charge in [0.15, 0.2) is 0 Å². The van der Waals surface area contributed by atoms with Crippen LogP contribution >= 0.6 is 0 Å². The summed E-state index contributed by atoms with van der Waals surface area (Å²) in [7, 11) is 1.66. The molecule has 0 heterocycles. The molecule has 0 aliphatic rings. The van der Waals surface area contributed by atoms with Gasteiger partial charge in [0.25, 0.3) is 0 Å². The van der Waals surface area contributed by atoms with Crippen LogP contribution in [-0.2, 0) is 14.2 Å². The van der Waals surface area contributed by atoms with Gasteiger partial charge >= 0.3 is 0 Å². The smallest absolute Gasteiger partial charge is 0.0701 e. The first-order valence-electron chi connectivity index (χ1n) is 5.47. The van der Waals surface area contributed by atoms with E-state index in [0.29, 0.717) is 26.4 Å². The molecule has 0 bridgehead atoms. The van der Waals surface area contributed by atoms with Crippen molar-refractivity contribution in [3.63, 3.8) is 0 Å². The second kappa shape index (κ2) is 13.8. The lowest BCUT2D eigenvalue weighted by atomic mass is 10.4. The van der Waals surface area contributed by atoms with Gasteiger partial charge in [0.05, 0.1) is 33.0 Å². The summed E-state index contributed by atoms with van der Waals surface area (Å²) < 4.78 is 15.4. The maximum atomic E-state index is 5.35. The summed E-state index contributed by atoms with van der Waals surface area (Å²) in [4.78, 5) is 0. The zero-order chi connectivity index (χ0) is 11.2. The number of hydrogen-bond acceptors (Lipinski definition) is 5. The van der Waals surface area contributed by atoms with Crippen molar-refractivity contribution in [1.29, 1.82) is 0 Å². The van der Waals surface area contributed by atoms with Crippen molar-refractivity contribution in [1.82, 2.24) is 5.32 Å². The predicted molar refractivity (Wildman–Crippen MR) is 60.1 cm³/mol. The van der Waals surface area contributed by atoms with Crippen molar-refractivity contribution < 1.29 is 14.2 Å². The van der Waals surface area contributed by atoms with Crippen LogP contribution in [0.4, 0.5) is 0 Å². The first-order chi connectivity index (χ1) is 7.41. The Labute approximate surface area is 92.3 Å². The van der Waals surface area contributed by atoms with Gasteiger partial charge in [0.1, 0.15) is 0 Å². The molecule has 0 aromatic rings. The normalized spacial score (nSPS) is 10.8. The van der Waals surface area contributed by atoms with Crippen LogP contribution in [0.2, 0.25) is 0 Å². The molecule has 5 nitrogen and oxygen atoms in total. The highest BCUT2D eigenvalue weighted by Gasteiger charge is 1.90. The van der Waals surface area contributed by atoms with E-state index in [1.54, 1.807) is 7.11 Å². The van der Waals surface area contributed by atoms with Crippen LogP contribution < -0.4 is 11.1 Å². The van der Waals surface area contributed by atoms with E-state index in [9.17, 15) is 0 Å². The Hall–Kier alpha value is -0.200. The number of nitrogens with one attached hydrogen (secondary N) is 1. The summed E-state index contributed by atoms with van der Waals surface area (Å²) in [6.45, 7) is 5.84. The van der Waals surface area contributed by atoms with E-state index in [-0.39, 0.29) is 0 Å². The Morgan fingerprint density at radius 2 is 1.60 bits per heavy atom. The predicted octanol–water partition coefficient (Wildman–Crippen LogP) is -0.396. The zero-order valence-corrected chi connectivity index (χ0v) is 9.67. The number of nitrogens with two attached hydrogens (primary N) is 1. The van der Waals surface area contributed by atoms with Gasteiger partial charge < -0.3 is 25.3 Å². The standard InChI is InChI=1S/C10H24N2O3/c1-13-7-8-15-10-9-14-6-5-12-4-2-3-11/h12H,2-11H2,1H3. The first-order valence-corrected chi connectivity index (χ1v) is 5.47. The molecule has 92 valence electrons. The number of hydrogen-bond donors (Lipinski definition) is 2. The average molecular weight is 220 g/mol. The molecule has 5 heteroatoms. The molecule has 0 radical (unpaired) electrons. The highest BCUT2D eigenvalue weighted by atomic mass is 16.5. The molecule has 0 saturated carbocycles. The Bertz CT molecular complexity index is 103.